The summed E-state index contributed by atoms with van der Waals surface area (Å²) in [4.78, 5) is 7.20. The summed E-state index contributed by atoms with van der Waals surface area (Å²) < 4.78 is 0. The fourth-order valence-electron chi connectivity index (χ4n) is 3.49. The number of aromatic nitrogens is 1. The molecule has 3 rings (SSSR count). The van der Waals surface area contributed by atoms with Gasteiger partial charge < -0.3 is 15.8 Å². The molecule has 5 nitrogen and oxygen atoms in total. The Bertz CT molecular complexity index is 555. The van der Waals surface area contributed by atoms with Crippen LogP contribution in [0.5, 0.6) is 0 Å². The largest absolute Gasteiger partial charge is 0.409 e. The van der Waals surface area contributed by atoms with Gasteiger partial charge in [0.25, 0.3) is 0 Å². The Balaban J connectivity index is 2.03. The van der Waals surface area contributed by atoms with Crippen LogP contribution in [0.15, 0.2) is 11.2 Å². The lowest BCUT2D eigenvalue weighted by atomic mass is 9.93. The number of anilines is 1. The first-order chi connectivity index (χ1) is 10.2. The molecule has 0 aromatic carbocycles. The van der Waals surface area contributed by atoms with Gasteiger partial charge in [-0.25, -0.2) is 4.98 Å². The van der Waals surface area contributed by atoms with Gasteiger partial charge in [-0.3, -0.25) is 0 Å². The molecule has 21 heavy (non-hydrogen) atoms. The molecular weight excluding hydrogens is 264 g/mol. The normalized spacial score (nSPS) is 23.0. The Kier molecular flexibility index (Phi) is 3.99. The Labute approximate surface area is 125 Å². The molecular formula is C16H24N4O. The minimum atomic E-state index is 0.170. The van der Waals surface area contributed by atoms with E-state index in [2.05, 4.69) is 23.0 Å². The molecule has 1 aromatic heterocycles. The van der Waals surface area contributed by atoms with E-state index in [-0.39, 0.29) is 5.84 Å². The van der Waals surface area contributed by atoms with Crippen LogP contribution in [0.2, 0.25) is 0 Å². The smallest absolute Gasteiger partial charge is 0.173 e. The zero-order valence-corrected chi connectivity index (χ0v) is 12.7. The number of amidine groups is 1. The summed E-state index contributed by atoms with van der Waals surface area (Å²) in [5.74, 6) is 1.73. The van der Waals surface area contributed by atoms with Crippen LogP contribution in [0, 0.1) is 5.92 Å². The van der Waals surface area contributed by atoms with E-state index in [1.54, 1.807) is 0 Å². The predicted octanol–water partition coefficient (Wildman–Crippen LogP) is 2.29. The molecule has 2 heterocycles. The summed E-state index contributed by atoms with van der Waals surface area (Å²) in [6, 6.07) is 2.09. The quantitative estimate of drug-likeness (QED) is 0.379. The fraction of sp³-hybridized carbons (Fsp3) is 0.625. The lowest BCUT2D eigenvalue weighted by molar-refractivity contribution is 0.318. The van der Waals surface area contributed by atoms with Gasteiger partial charge in [0, 0.05) is 18.8 Å². The van der Waals surface area contributed by atoms with Crippen LogP contribution < -0.4 is 10.6 Å². The maximum atomic E-state index is 9.08. The Hall–Kier alpha value is -1.78. The lowest BCUT2D eigenvalue weighted by Gasteiger charge is -2.34. The van der Waals surface area contributed by atoms with Crippen LogP contribution in [0.4, 0.5) is 5.82 Å². The van der Waals surface area contributed by atoms with Crippen LogP contribution in [0.3, 0.4) is 0 Å². The van der Waals surface area contributed by atoms with Gasteiger partial charge in [0.2, 0.25) is 0 Å². The molecule has 0 saturated carbocycles. The van der Waals surface area contributed by atoms with Crippen LogP contribution in [0.1, 0.15) is 49.4 Å². The van der Waals surface area contributed by atoms with Crippen LogP contribution in [-0.4, -0.2) is 29.1 Å². The van der Waals surface area contributed by atoms with Crippen molar-refractivity contribution in [3.05, 3.63) is 22.9 Å². The van der Waals surface area contributed by atoms with Crippen molar-refractivity contribution in [3.8, 4) is 0 Å². The first-order valence-corrected chi connectivity index (χ1v) is 7.94. The van der Waals surface area contributed by atoms with Gasteiger partial charge in [0.15, 0.2) is 5.84 Å². The topological polar surface area (TPSA) is 74.7 Å². The Morgan fingerprint density at radius 3 is 2.95 bits per heavy atom. The molecule has 5 heteroatoms. The first kappa shape index (κ1) is 14.2. The molecule has 0 spiro atoms. The van der Waals surface area contributed by atoms with Crippen molar-refractivity contribution in [1.29, 1.82) is 0 Å². The minimum Gasteiger partial charge on any atom is -0.409 e. The summed E-state index contributed by atoms with van der Waals surface area (Å²) in [6.45, 7) is 4.27. The molecule has 0 amide bonds. The third kappa shape index (κ3) is 2.82. The highest BCUT2D eigenvalue weighted by Crippen LogP contribution is 2.29. The van der Waals surface area contributed by atoms with E-state index in [4.69, 9.17) is 15.9 Å². The summed E-state index contributed by atoms with van der Waals surface area (Å²) >= 11 is 0. The number of hydrogen-bond donors (Lipinski definition) is 2. The second kappa shape index (κ2) is 5.92. The molecule has 1 aliphatic heterocycles. The number of rotatable bonds is 2. The second-order valence-corrected chi connectivity index (χ2v) is 6.35. The molecule has 1 unspecified atom stereocenters. The molecule has 1 atom stereocenters. The van der Waals surface area contributed by atoms with Crippen LogP contribution in [0.25, 0.3) is 0 Å². The fourth-order valence-corrected chi connectivity index (χ4v) is 3.49. The number of oxime groups is 1. The lowest BCUT2D eigenvalue weighted by Crippen LogP contribution is -2.37. The van der Waals surface area contributed by atoms with Gasteiger partial charge in [-0.15, -0.1) is 0 Å². The van der Waals surface area contributed by atoms with E-state index in [9.17, 15) is 0 Å². The molecule has 0 bridgehead atoms. The molecule has 1 fully saturated rings. The summed E-state index contributed by atoms with van der Waals surface area (Å²) in [5, 5.41) is 12.3. The highest BCUT2D eigenvalue weighted by atomic mass is 16.4. The Morgan fingerprint density at radius 1 is 1.38 bits per heavy atom. The molecule has 1 saturated heterocycles. The van der Waals surface area contributed by atoms with E-state index < -0.39 is 0 Å². The SMILES string of the molecule is CC1CCCN(c2nc3c(cc2C(N)=NO)CCCC3)C1. The summed E-state index contributed by atoms with van der Waals surface area (Å²) in [7, 11) is 0. The molecule has 0 radical (unpaired) electrons. The number of pyridine rings is 1. The number of hydrogen-bond acceptors (Lipinski definition) is 4. The van der Waals surface area contributed by atoms with Crippen molar-refractivity contribution < 1.29 is 5.21 Å². The minimum absolute atomic E-state index is 0.170. The van der Waals surface area contributed by atoms with Gasteiger partial charge in [-0.2, -0.15) is 0 Å². The van der Waals surface area contributed by atoms with Gasteiger partial charge in [0.05, 0.1) is 5.56 Å². The van der Waals surface area contributed by atoms with E-state index in [0.717, 1.165) is 37.3 Å². The molecule has 2 aliphatic rings. The van der Waals surface area contributed by atoms with Crippen molar-refractivity contribution >= 4 is 11.7 Å². The summed E-state index contributed by atoms with van der Waals surface area (Å²) in [6.07, 6.45) is 6.94. The van der Waals surface area contributed by atoms with Crippen molar-refractivity contribution in [1.82, 2.24) is 4.98 Å². The van der Waals surface area contributed by atoms with Crippen molar-refractivity contribution in [2.24, 2.45) is 16.8 Å². The average Bonchev–Trinajstić information content (AvgIpc) is 2.53. The predicted molar refractivity (Wildman–Crippen MR) is 84.0 cm³/mol. The molecule has 3 N–H and O–H groups in total. The molecule has 1 aliphatic carbocycles. The van der Waals surface area contributed by atoms with Crippen molar-refractivity contribution in [2.75, 3.05) is 18.0 Å². The zero-order valence-electron chi connectivity index (χ0n) is 12.7. The molecule has 1 aromatic rings. The van der Waals surface area contributed by atoms with Crippen molar-refractivity contribution in [3.63, 3.8) is 0 Å². The van der Waals surface area contributed by atoms with Gasteiger partial charge in [-0.05, 0) is 56.1 Å². The third-order valence-corrected chi connectivity index (χ3v) is 4.62. The van der Waals surface area contributed by atoms with Crippen LogP contribution in [-0.2, 0) is 12.8 Å². The van der Waals surface area contributed by atoms with E-state index >= 15 is 0 Å². The maximum absolute atomic E-state index is 9.08. The maximum Gasteiger partial charge on any atom is 0.173 e. The number of nitrogens with two attached hydrogens (primary N) is 1. The number of nitrogens with zero attached hydrogens (tertiary/aromatic N) is 3. The number of piperidine rings is 1. The van der Waals surface area contributed by atoms with Gasteiger partial charge in [0.1, 0.15) is 5.82 Å². The third-order valence-electron chi connectivity index (χ3n) is 4.62. The average molecular weight is 288 g/mol. The highest BCUT2D eigenvalue weighted by Gasteiger charge is 2.24. The van der Waals surface area contributed by atoms with E-state index in [1.165, 1.54) is 36.9 Å². The van der Waals surface area contributed by atoms with Crippen LogP contribution >= 0.6 is 0 Å². The highest BCUT2D eigenvalue weighted by molar-refractivity contribution is 6.01. The number of fused-ring (bicyclic) bond motifs is 1. The van der Waals surface area contributed by atoms with E-state index in [1.807, 2.05) is 0 Å². The standard InChI is InChI=1S/C16H24N4O/c1-11-5-4-8-20(10-11)16-13(15(17)19-21)9-12-6-2-3-7-14(12)18-16/h9,11,21H,2-8,10H2,1H3,(H2,17,19). The van der Waals surface area contributed by atoms with E-state index in [0.29, 0.717) is 5.92 Å². The first-order valence-electron chi connectivity index (χ1n) is 7.94. The van der Waals surface area contributed by atoms with Crippen molar-refractivity contribution in [2.45, 2.75) is 45.4 Å². The Morgan fingerprint density at radius 2 is 2.19 bits per heavy atom. The van der Waals surface area contributed by atoms with Gasteiger partial charge >= 0.3 is 0 Å². The van der Waals surface area contributed by atoms with Gasteiger partial charge in [-0.1, -0.05) is 12.1 Å². The zero-order chi connectivity index (χ0) is 14.8. The summed E-state index contributed by atoms with van der Waals surface area (Å²) in [5.41, 5.74) is 9.15. The monoisotopic (exact) mass is 288 g/mol. The number of aryl methyl sites for hydroxylation is 2. The molecule has 114 valence electrons. The second-order valence-electron chi connectivity index (χ2n) is 6.35.